The van der Waals surface area contributed by atoms with Crippen molar-refractivity contribution in [2.24, 2.45) is 5.92 Å². The van der Waals surface area contributed by atoms with Gasteiger partial charge in [0.05, 0.1) is 6.04 Å². The second-order valence-electron chi connectivity index (χ2n) is 6.20. The summed E-state index contributed by atoms with van der Waals surface area (Å²) < 4.78 is 5.95. The van der Waals surface area contributed by atoms with Crippen LogP contribution in [0.15, 0.2) is 34.7 Å². The molecule has 1 aliphatic carbocycles. The molecule has 0 saturated heterocycles. The van der Waals surface area contributed by atoms with Crippen LogP contribution >= 0.6 is 0 Å². The summed E-state index contributed by atoms with van der Waals surface area (Å²) in [7, 11) is 0. The Balaban J connectivity index is 1.63. The molecule has 0 radical (unpaired) electrons. The Kier molecular flexibility index (Phi) is 4.11. The van der Waals surface area contributed by atoms with E-state index in [1.54, 1.807) is 0 Å². The highest BCUT2D eigenvalue weighted by atomic mass is 16.3. The van der Waals surface area contributed by atoms with Crippen molar-refractivity contribution in [1.82, 2.24) is 5.32 Å². The van der Waals surface area contributed by atoms with E-state index in [4.69, 9.17) is 4.42 Å². The van der Waals surface area contributed by atoms with Gasteiger partial charge in [-0.25, -0.2) is 0 Å². The van der Waals surface area contributed by atoms with Crippen molar-refractivity contribution in [2.75, 3.05) is 0 Å². The van der Waals surface area contributed by atoms with E-state index in [1.807, 2.05) is 12.1 Å². The van der Waals surface area contributed by atoms with Crippen molar-refractivity contribution in [3.8, 4) is 0 Å². The fourth-order valence-corrected chi connectivity index (χ4v) is 3.39. The molecule has 1 atom stereocenters. The molecule has 0 aliphatic heterocycles. The van der Waals surface area contributed by atoms with E-state index in [2.05, 4.69) is 37.4 Å². The molecular formula is C18H25NO. The van der Waals surface area contributed by atoms with E-state index in [-0.39, 0.29) is 0 Å². The van der Waals surface area contributed by atoms with Crippen LogP contribution in [0.1, 0.15) is 57.8 Å². The zero-order chi connectivity index (χ0) is 13.9. The van der Waals surface area contributed by atoms with E-state index in [9.17, 15) is 0 Å². The van der Waals surface area contributed by atoms with Crippen LogP contribution in [0.25, 0.3) is 11.0 Å². The molecule has 108 valence electrons. The van der Waals surface area contributed by atoms with Crippen LogP contribution in [-0.4, -0.2) is 6.04 Å². The first kappa shape index (κ1) is 13.7. The maximum Gasteiger partial charge on any atom is 0.134 e. The largest absolute Gasteiger partial charge is 0.459 e. The lowest BCUT2D eigenvalue weighted by Crippen LogP contribution is -2.34. The number of hydrogen-bond donors (Lipinski definition) is 1. The molecule has 2 nitrogen and oxygen atoms in total. The van der Waals surface area contributed by atoms with Gasteiger partial charge in [-0.05, 0) is 50.7 Å². The molecule has 1 unspecified atom stereocenters. The number of benzene rings is 1. The molecular weight excluding hydrogens is 246 g/mol. The van der Waals surface area contributed by atoms with Crippen LogP contribution in [0, 0.1) is 5.92 Å². The molecule has 1 fully saturated rings. The molecule has 2 aromatic rings. The fourth-order valence-electron chi connectivity index (χ4n) is 3.39. The van der Waals surface area contributed by atoms with Gasteiger partial charge in [0.1, 0.15) is 11.3 Å². The minimum absolute atomic E-state index is 0.297. The number of para-hydroxylation sites is 1. The molecule has 0 amide bonds. The first-order chi connectivity index (χ1) is 9.76. The topological polar surface area (TPSA) is 25.2 Å². The van der Waals surface area contributed by atoms with E-state index in [1.165, 1.54) is 37.5 Å². The fraction of sp³-hybridized carbons (Fsp3) is 0.556. The number of rotatable bonds is 4. The summed E-state index contributed by atoms with van der Waals surface area (Å²) in [5.41, 5.74) is 0.992. The third-order valence-electron chi connectivity index (χ3n) is 4.78. The van der Waals surface area contributed by atoms with E-state index in [0.717, 1.165) is 17.3 Å². The first-order valence-corrected chi connectivity index (χ1v) is 8.00. The third kappa shape index (κ3) is 2.90. The lowest BCUT2D eigenvalue weighted by Gasteiger charge is -2.30. The second-order valence-corrected chi connectivity index (χ2v) is 6.20. The van der Waals surface area contributed by atoms with Crippen molar-refractivity contribution < 1.29 is 4.42 Å². The van der Waals surface area contributed by atoms with Crippen molar-refractivity contribution in [3.63, 3.8) is 0 Å². The molecule has 1 aliphatic rings. The lowest BCUT2D eigenvalue weighted by atomic mass is 9.84. The molecule has 3 rings (SSSR count). The Morgan fingerprint density at radius 1 is 1.20 bits per heavy atom. The highest BCUT2D eigenvalue weighted by Gasteiger charge is 2.22. The van der Waals surface area contributed by atoms with Crippen LogP contribution in [0.4, 0.5) is 0 Å². The zero-order valence-corrected chi connectivity index (χ0v) is 12.6. The second kappa shape index (κ2) is 6.01. The van der Waals surface area contributed by atoms with Gasteiger partial charge in [0, 0.05) is 11.4 Å². The van der Waals surface area contributed by atoms with Crippen molar-refractivity contribution in [3.05, 3.63) is 36.1 Å². The van der Waals surface area contributed by atoms with Crippen molar-refractivity contribution in [1.29, 1.82) is 0 Å². The lowest BCUT2D eigenvalue weighted by molar-refractivity contribution is 0.265. The first-order valence-electron chi connectivity index (χ1n) is 8.00. The number of hydrogen-bond acceptors (Lipinski definition) is 2. The van der Waals surface area contributed by atoms with E-state index >= 15 is 0 Å². The number of nitrogens with one attached hydrogen (secondary N) is 1. The highest BCUT2D eigenvalue weighted by molar-refractivity contribution is 5.77. The molecule has 0 bridgehead atoms. The highest BCUT2D eigenvalue weighted by Crippen LogP contribution is 2.29. The Morgan fingerprint density at radius 2 is 1.95 bits per heavy atom. The van der Waals surface area contributed by atoms with Gasteiger partial charge in [-0.3, -0.25) is 0 Å². The standard InChI is InChI=1S/C18H25NO/c1-3-14-8-10-16(11-9-14)19-13(2)18-12-15-6-4-5-7-17(15)20-18/h4-7,12-14,16,19H,3,8-11H2,1-2H3. The average molecular weight is 271 g/mol. The third-order valence-corrected chi connectivity index (χ3v) is 4.78. The normalized spacial score (nSPS) is 24.9. The Morgan fingerprint density at radius 3 is 2.65 bits per heavy atom. The van der Waals surface area contributed by atoms with Gasteiger partial charge in [0.25, 0.3) is 0 Å². The smallest absolute Gasteiger partial charge is 0.134 e. The van der Waals surface area contributed by atoms with E-state index < -0.39 is 0 Å². The minimum atomic E-state index is 0.297. The summed E-state index contributed by atoms with van der Waals surface area (Å²) >= 11 is 0. The predicted molar refractivity (Wildman–Crippen MR) is 83.8 cm³/mol. The summed E-state index contributed by atoms with van der Waals surface area (Å²) in [5.74, 6) is 2.01. The summed E-state index contributed by atoms with van der Waals surface area (Å²) in [6, 6.07) is 11.4. The van der Waals surface area contributed by atoms with E-state index in [0.29, 0.717) is 12.1 Å². The van der Waals surface area contributed by atoms with Crippen LogP contribution in [0.3, 0.4) is 0 Å². The van der Waals surface area contributed by atoms with Crippen LogP contribution in [0.5, 0.6) is 0 Å². The number of fused-ring (bicyclic) bond motifs is 1. The molecule has 2 heteroatoms. The summed E-state index contributed by atoms with van der Waals surface area (Å²) in [4.78, 5) is 0. The average Bonchev–Trinajstić information content (AvgIpc) is 2.92. The maximum atomic E-state index is 5.95. The van der Waals surface area contributed by atoms with Crippen LogP contribution in [0.2, 0.25) is 0 Å². The summed E-state index contributed by atoms with van der Waals surface area (Å²) in [6.45, 7) is 4.53. The van der Waals surface area contributed by atoms with Crippen molar-refractivity contribution >= 4 is 11.0 Å². The molecule has 1 N–H and O–H groups in total. The van der Waals surface area contributed by atoms with Gasteiger partial charge < -0.3 is 9.73 Å². The van der Waals surface area contributed by atoms with Gasteiger partial charge in [0.2, 0.25) is 0 Å². The van der Waals surface area contributed by atoms with Crippen LogP contribution < -0.4 is 5.32 Å². The number of furan rings is 1. The van der Waals surface area contributed by atoms with Crippen LogP contribution in [-0.2, 0) is 0 Å². The van der Waals surface area contributed by atoms with Gasteiger partial charge in [-0.1, -0.05) is 31.5 Å². The van der Waals surface area contributed by atoms with Gasteiger partial charge in [-0.2, -0.15) is 0 Å². The van der Waals surface area contributed by atoms with Gasteiger partial charge in [0.15, 0.2) is 0 Å². The SMILES string of the molecule is CCC1CCC(NC(C)c2cc3ccccc3o2)CC1. The molecule has 1 saturated carbocycles. The predicted octanol–water partition coefficient (Wildman–Crippen LogP) is 5.05. The monoisotopic (exact) mass is 271 g/mol. The van der Waals surface area contributed by atoms with Gasteiger partial charge in [-0.15, -0.1) is 0 Å². The summed E-state index contributed by atoms with van der Waals surface area (Å²) in [5, 5.41) is 4.95. The molecule has 0 spiro atoms. The molecule has 1 aromatic heterocycles. The zero-order valence-electron chi connectivity index (χ0n) is 12.6. The summed E-state index contributed by atoms with van der Waals surface area (Å²) in [6.07, 6.45) is 6.71. The minimum Gasteiger partial charge on any atom is -0.459 e. The van der Waals surface area contributed by atoms with Crippen molar-refractivity contribution in [2.45, 2.75) is 58.0 Å². The Labute approximate surface area is 121 Å². The maximum absolute atomic E-state index is 5.95. The quantitative estimate of drug-likeness (QED) is 0.841. The molecule has 1 heterocycles. The molecule has 1 aromatic carbocycles. The van der Waals surface area contributed by atoms with Gasteiger partial charge >= 0.3 is 0 Å². The Hall–Kier alpha value is -1.28. The molecule has 20 heavy (non-hydrogen) atoms. The Bertz CT molecular complexity index is 518.